The van der Waals surface area contributed by atoms with E-state index in [-0.39, 0.29) is 5.91 Å². The number of amides is 1. The van der Waals surface area contributed by atoms with Crippen molar-refractivity contribution in [2.75, 3.05) is 25.0 Å². The molecule has 1 aromatic heterocycles. The van der Waals surface area contributed by atoms with Crippen molar-refractivity contribution >= 4 is 34.2 Å². The molecule has 2 aromatic carbocycles. The largest absolute Gasteiger partial charge is 0.342 e. The smallest absolute Gasteiger partial charge is 0.238 e. The van der Waals surface area contributed by atoms with Crippen LogP contribution in [0.4, 0.5) is 5.69 Å². The Bertz CT molecular complexity index is 935. The van der Waals surface area contributed by atoms with Gasteiger partial charge in [0.05, 0.1) is 17.6 Å². The molecule has 1 fully saturated rings. The molecule has 0 saturated carbocycles. The fourth-order valence-electron chi connectivity index (χ4n) is 3.66. The molecule has 0 spiro atoms. The lowest BCUT2D eigenvalue weighted by Crippen LogP contribution is -2.40. The van der Waals surface area contributed by atoms with Gasteiger partial charge in [-0.25, -0.2) is 4.98 Å². The predicted molar refractivity (Wildman–Crippen MR) is 109 cm³/mol. The molecule has 1 amide bonds. The molecule has 0 bridgehead atoms. The molecule has 0 aliphatic carbocycles. The highest BCUT2D eigenvalue weighted by atomic mass is 35.5. The lowest BCUT2D eigenvalue weighted by molar-refractivity contribution is -0.117. The number of imidazole rings is 1. The summed E-state index contributed by atoms with van der Waals surface area (Å²) in [6, 6.07) is 13.7. The third kappa shape index (κ3) is 4.15. The molecule has 1 aliphatic heterocycles. The van der Waals surface area contributed by atoms with E-state index in [4.69, 9.17) is 16.6 Å². The van der Waals surface area contributed by atoms with E-state index in [9.17, 15) is 4.79 Å². The van der Waals surface area contributed by atoms with Crippen molar-refractivity contribution in [3.8, 4) is 0 Å². The van der Waals surface area contributed by atoms with E-state index >= 15 is 0 Å². The Labute approximate surface area is 163 Å². The van der Waals surface area contributed by atoms with Crippen molar-refractivity contribution in [3.63, 3.8) is 0 Å². The fourth-order valence-corrected chi connectivity index (χ4v) is 3.84. The molecule has 4 rings (SSSR count). The minimum atomic E-state index is -0.0137. The van der Waals surface area contributed by atoms with Gasteiger partial charge in [-0.05, 0) is 56.1 Å². The van der Waals surface area contributed by atoms with E-state index in [0.717, 1.165) is 54.0 Å². The average molecular weight is 383 g/mol. The summed E-state index contributed by atoms with van der Waals surface area (Å²) in [5.41, 5.74) is 3.80. The molecular formula is C21H23ClN4O. The van der Waals surface area contributed by atoms with Gasteiger partial charge in [-0.1, -0.05) is 29.8 Å². The highest BCUT2D eigenvalue weighted by Crippen LogP contribution is 2.27. The number of halogens is 1. The summed E-state index contributed by atoms with van der Waals surface area (Å²) in [6.07, 6.45) is 2.15. The van der Waals surface area contributed by atoms with Gasteiger partial charge in [-0.2, -0.15) is 0 Å². The second kappa shape index (κ2) is 7.71. The molecule has 1 unspecified atom stereocenters. The Balaban J connectivity index is 1.39. The van der Waals surface area contributed by atoms with E-state index in [1.807, 2.05) is 43.3 Å². The number of likely N-dealkylation sites (tertiary alicyclic amines) is 1. The van der Waals surface area contributed by atoms with Gasteiger partial charge < -0.3 is 10.3 Å². The fraction of sp³-hybridized carbons (Fsp3) is 0.333. The quantitative estimate of drug-likeness (QED) is 0.705. The van der Waals surface area contributed by atoms with Crippen LogP contribution in [0.15, 0.2) is 42.5 Å². The molecule has 2 N–H and O–H groups in total. The maximum atomic E-state index is 12.4. The number of fused-ring (bicyclic) bond motifs is 1. The molecular weight excluding hydrogens is 360 g/mol. The Kier molecular flexibility index (Phi) is 5.14. The minimum Gasteiger partial charge on any atom is -0.342 e. The number of aryl methyl sites for hydroxylation is 1. The van der Waals surface area contributed by atoms with Gasteiger partial charge in [0.25, 0.3) is 0 Å². The summed E-state index contributed by atoms with van der Waals surface area (Å²) in [7, 11) is 0. The van der Waals surface area contributed by atoms with Crippen molar-refractivity contribution in [2.24, 2.45) is 0 Å². The van der Waals surface area contributed by atoms with Gasteiger partial charge in [0, 0.05) is 23.2 Å². The lowest BCUT2D eigenvalue weighted by atomic mass is 9.97. The Morgan fingerprint density at radius 2 is 2.19 bits per heavy atom. The summed E-state index contributed by atoms with van der Waals surface area (Å²) >= 11 is 6.14. The van der Waals surface area contributed by atoms with Crippen LogP contribution in [0.1, 0.15) is 30.1 Å². The molecule has 1 aliphatic rings. The second-order valence-corrected chi connectivity index (χ2v) is 7.63. The number of carbonyl (C=O) groups excluding carboxylic acids is 1. The van der Waals surface area contributed by atoms with Crippen LogP contribution in [-0.2, 0) is 4.79 Å². The van der Waals surface area contributed by atoms with Crippen LogP contribution < -0.4 is 5.32 Å². The van der Waals surface area contributed by atoms with E-state index in [0.29, 0.717) is 17.5 Å². The van der Waals surface area contributed by atoms with Crippen LogP contribution in [0, 0.1) is 6.92 Å². The topological polar surface area (TPSA) is 61.0 Å². The molecule has 0 radical (unpaired) electrons. The molecule has 1 atom stereocenters. The number of benzene rings is 2. The number of hydrogen-bond acceptors (Lipinski definition) is 3. The standard InChI is InChI=1S/C21H23ClN4O/c1-14-8-9-16(11-17(14)22)23-20(27)13-26-10-4-5-15(12-26)21-24-18-6-2-3-7-19(18)25-21/h2-3,6-9,11,15H,4-5,10,12-13H2,1H3,(H,23,27)(H,24,25). The first-order valence-corrected chi connectivity index (χ1v) is 9.69. The van der Waals surface area contributed by atoms with Crippen LogP contribution in [0.2, 0.25) is 5.02 Å². The maximum absolute atomic E-state index is 12.4. The zero-order chi connectivity index (χ0) is 18.8. The minimum absolute atomic E-state index is 0.0137. The predicted octanol–water partition coefficient (Wildman–Crippen LogP) is 4.34. The molecule has 2 heterocycles. The first-order valence-electron chi connectivity index (χ1n) is 9.31. The van der Waals surface area contributed by atoms with Crippen molar-refractivity contribution in [1.29, 1.82) is 0 Å². The number of nitrogens with zero attached hydrogens (tertiary/aromatic N) is 2. The summed E-state index contributed by atoms with van der Waals surface area (Å²) in [5, 5.41) is 3.61. The molecule has 5 nitrogen and oxygen atoms in total. The lowest BCUT2D eigenvalue weighted by Gasteiger charge is -2.31. The van der Waals surface area contributed by atoms with Gasteiger partial charge in [0.15, 0.2) is 0 Å². The Morgan fingerprint density at radius 3 is 3.00 bits per heavy atom. The summed E-state index contributed by atoms with van der Waals surface area (Å²) in [6.45, 7) is 4.09. The van der Waals surface area contributed by atoms with Crippen molar-refractivity contribution in [2.45, 2.75) is 25.7 Å². The van der Waals surface area contributed by atoms with Gasteiger partial charge in [-0.3, -0.25) is 9.69 Å². The van der Waals surface area contributed by atoms with Crippen LogP contribution in [0.25, 0.3) is 11.0 Å². The number of piperidine rings is 1. The summed E-state index contributed by atoms with van der Waals surface area (Å²) in [5.74, 6) is 1.33. The summed E-state index contributed by atoms with van der Waals surface area (Å²) < 4.78 is 0. The Hall–Kier alpha value is -2.37. The SMILES string of the molecule is Cc1ccc(NC(=O)CN2CCCC(c3nc4ccccc4[nH]3)C2)cc1Cl. The molecule has 140 valence electrons. The number of hydrogen-bond donors (Lipinski definition) is 2. The highest BCUT2D eigenvalue weighted by Gasteiger charge is 2.25. The zero-order valence-corrected chi connectivity index (χ0v) is 16.1. The average Bonchev–Trinajstić information content (AvgIpc) is 3.09. The normalized spacial score (nSPS) is 17.9. The van der Waals surface area contributed by atoms with Gasteiger partial charge in [-0.15, -0.1) is 0 Å². The van der Waals surface area contributed by atoms with Crippen LogP contribution >= 0.6 is 11.6 Å². The van der Waals surface area contributed by atoms with E-state index in [1.165, 1.54) is 0 Å². The van der Waals surface area contributed by atoms with Crippen molar-refractivity contribution in [1.82, 2.24) is 14.9 Å². The number of aromatic nitrogens is 2. The van der Waals surface area contributed by atoms with E-state index in [1.54, 1.807) is 6.07 Å². The number of carbonyl (C=O) groups is 1. The maximum Gasteiger partial charge on any atom is 0.238 e. The third-order valence-corrected chi connectivity index (χ3v) is 5.53. The number of para-hydroxylation sites is 2. The Morgan fingerprint density at radius 1 is 1.33 bits per heavy atom. The zero-order valence-electron chi connectivity index (χ0n) is 15.3. The number of nitrogens with one attached hydrogen (secondary N) is 2. The van der Waals surface area contributed by atoms with Gasteiger partial charge in [0.1, 0.15) is 5.82 Å². The summed E-state index contributed by atoms with van der Waals surface area (Å²) in [4.78, 5) is 22.8. The van der Waals surface area contributed by atoms with Crippen LogP contribution in [-0.4, -0.2) is 40.4 Å². The van der Waals surface area contributed by atoms with Crippen LogP contribution in [0.5, 0.6) is 0 Å². The number of H-pyrrole nitrogens is 1. The van der Waals surface area contributed by atoms with Crippen molar-refractivity contribution in [3.05, 3.63) is 58.9 Å². The first-order chi connectivity index (χ1) is 13.1. The number of rotatable bonds is 4. The van der Waals surface area contributed by atoms with Gasteiger partial charge >= 0.3 is 0 Å². The molecule has 6 heteroatoms. The third-order valence-electron chi connectivity index (χ3n) is 5.12. The molecule has 27 heavy (non-hydrogen) atoms. The second-order valence-electron chi connectivity index (χ2n) is 7.23. The molecule has 3 aromatic rings. The van der Waals surface area contributed by atoms with Crippen LogP contribution in [0.3, 0.4) is 0 Å². The monoisotopic (exact) mass is 382 g/mol. The highest BCUT2D eigenvalue weighted by molar-refractivity contribution is 6.31. The van der Waals surface area contributed by atoms with E-state index < -0.39 is 0 Å². The van der Waals surface area contributed by atoms with E-state index in [2.05, 4.69) is 15.2 Å². The van der Waals surface area contributed by atoms with Crippen molar-refractivity contribution < 1.29 is 4.79 Å². The first kappa shape index (κ1) is 18.0. The molecule has 1 saturated heterocycles. The van der Waals surface area contributed by atoms with Gasteiger partial charge in [0.2, 0.25) is 5.91 Å². The number of aromatic amines is 1. The number of anilines is 1.